The summed E-state index contributed by atoms with van der Waals surface area (Å²) in [4.78, 5) is 9.76. The molecular formula is C12H15ClN2O5S. The Morgan fingerprint density at radius 1 is 1.48 bits per heavy atom. The van der Waals surface area contributed by atoms with Crippen molar-refractivity contribution in [1.82, 2.24) is 4.72 Å². The first-order chi connectivity index (χ1) is 9.90. The second kappa shape index (κ2) is 6.69. The fraction of sp³-hybridized carbons (Fsp3) is 0.500. The second-order valence-electron chi connectivity index (χ2n) is 4.69. The van der Waals surface area contributed by atoms with E-state index in [1.165, 1.54) is 6.07 Å². The van der Waals surface area contributed by atoms with Gasteiger partial charge in [-0.2, -0.15) is 0 Å². The van der Waals surface area contributed by atoms with Gasteiger partial charge >= 0.3 is 0 Å². The average molecular weight is 335 g/mol. The molecule has 7 nitrogen and oxygen atoms in total. The SMILES string of the molecule is O=[N+]([O-])c1ccc(Cl)c(S(=O)(=O)NCCC2CCCO2)c1. The van der Waals surface area contributed by atoms with E-state index in [0.717, 1.165) is 25.0 Å². The Bertz CT molecular complexity index is 629. The van der Waals surface area contributed by atoms with Crippen LogP contribution in [0.3, 0.4) is 0 Å². The fourth-order valence-electron chi connectivity index (χ4n) is 2.12. The number of nitro benzene ring substituents is 1. The van der Waals surface area contributed by atoms with Crippen LogP contribution >= 0.6 is 11.6 Å². The highest BCUT2D eigenvalue weighted by atomic mass is 35.5. The Morgan fingerprint density at radius 3 is 2.86 bits per heavy atom. The van der Waals surface area contributed by atoms with Crippen LogP contribution in [0.15, 0.2) is 23.1 Å². The van der Waals surface area contributed by atoms with Crippen molar-refractivity contribution in [3.8, 4) is 0 Å². The van der Waals surface area contributed by atoms with E-state index in [-0.39, 0.29) is 28.3 Å². The van der Waals surface area contributed by atoms with Gasteiger partial charge in [-0.1, -0.05) is 11.6 Å². The van der Waals surface area contributed by atoms with Crippen LogP contribution in [-0.4, -0.2) is 32.6 Å². The molecule has 2 rings (SSSR count). The smallest absolute Gasteiger partial charge is 0.270 e. The maximum atomic E-state index is 12.1. The summed E-state index contributed by atoms with van der Waals surface area (Å²) in [6.07, 6.45) is 2.52. The summed E-state index contributed by atoms with van der Waals surface area (Å²) in [6.45, 7) is 0.903. The average Bonchev–Trinajstić information content (AvgIpc) is 2.91. The normalized spacial score (nSPS) is 18.8. The van der Waals surface area contributed by atoms with Gasteiger partial charge in [0, 0.05) is 25.3 Å². The van der Waals surface area contributed by atoms with E-state index in [9.17, 15) is 18.5 Å². The summed E-state index contributed by atoms with van der Waals surface area (Å²) in [5, 5.41) is 10.7. The van der Waals surface area contributed by atoms with Gasteiger partial charge in [-0.25, -0.2) is 13.1 Å². The molecule has 1 N–H and O–H groups in total. The zero-order valence-electron chi connectivity index (χ0n) is 11.1. The third-order valence-corrected chi connectivity index (χ3v) is 5.14. The summed E-state index contributed by atoms with van der Waals surface area (Å²) in [5.74, 6) is 0. The molecule has 0 bridgehead atoms. The molecular weight excluding hydrogens is 320 g/mol. The van der Waals surface area contributed by atoms with Gasteiger partial charge in [0.15, 0.2) is 0 Å². The molecule has 0 amide bonds. The van der Waals surface area contributed by atoms with Crippen molar-refractivity contribution in [3.05, 3.63) is 33.3 Å². The van der Waals surface area contributed by atoms with Gasteiger partial charge in [-0.15, -0.1) is 0 Å². The summed E-state index contributed by atoms with van der Waals surface area (Å²) < 4.78 is 32.1. The highest BCUT2D eigenvalue weighted by Gasteiger charge is 2.22. The Kier molecular flexibility index (Phi) is 5.15. The molecule has 0 saturated carbocycles. The zero-order chi connectivity index (χ0) is 15.5. The van der Waals surface area contributed by atoms with Crippen LogP contribution in [0.1, 0.15) is 19.3 Å². The summed E-state index contributed by atoms with van der Waals surface area (Å²) >= 11 is 5.83. The van der Waals surface area contributed by atoms with E-state index >= 15 is 0 Å². The van der Waals surface area contributed by atoms with Gasteiger partial charge in [0.05, 0.1) is 16.0 Å². The highest BCUT2D eigenvalue weighted by Crippen LogP contribution is 2.26. The number of nitro groups is 1. The maximum Gasteiger partial charge on any atom is 0.270 e. The van der Waals surface area contributed by atoms with Crippen LogP contribution in [0.5, 0.6) is 0 Å². The highest BCUT2D eigenvalue weighted by molar-refractivity contribution is 7.89. The molecule has 1 aliphatic rings. The fourth-order valence-corrected chi connectivity index (χ4v) is 3.68. The van der Waals surface area contributed by atoms with E-state index in [2.05, 4.69) is 4.72 Å². The van der Waals surface area contributed by atoms with Crippen molar-refractivity contribution in [2.75, 3.05) is 13.2 Å². The van der Waals surface area contributed by atoms with Gasteiger partial charge in [0.2, 0.25) is 10.0 Å². The van der Waals surface area contributed by atoms with Crippen molar-refractivity contribution < 1.29 is 18.1 Å². The molecule has 0 spiro atoms. The molecule has 0 aliphatic carbocycles. The largest absolute Gasteiger partial charge is 0.378 e. The van der Waals surface area contributed by atoms with Gasteiger partial charge in [0.25, 0.3) is 5.69 Å². The number of nitrogens with one attached hydrogen (secondary N) is 1. The van der Waals surface area contributed by atoms with Crippen molar-refractivity contribution in [2.45, 2.75) is 30.3 Å². The molecule has 21 heavy (non-hydrogen) atoms. The first-order valence-corrected chi connectivity index (χ1v) is 8.31. The number of ether oxygens (including phenoxy) is 1. The predicted molar refractivity (Wildman–Crippen MR) is 76.9 cm³/mol. The second-order valence-corrected chi connectivity index (χ2v) is 6.84. The van der Waals surface area contributed by atoms with Crippen LogP contribution < -0.4 is 4.72 Å². The van der Waals surface area contributed by atoms with Crippen LogP contribution in [0, 0.1) is 10.1 Å². The number of halogens is 1. The van der Waals surface area contributed by atoms with Gasteiger partial charge < -0.3 is 4.74 Å². The van der Waals surface area contributed by atoms with Crippen molar-refractivity contribution in [1.29, 1.82) is 0 Å². The topological polar surface area (TPSA) is 98.5 Å². The molecule has 1 aromatic rings. The van der Waals surface area contributed by atoms with E-state index in [1.807, 2.05) is 0 Å². The lowest BCUT2D eigenvalue weighted by Gasteiger charge is -2.11. The Hall–Kier alpha value is -1.22. The quantitative estimate of drug-likeness (QED) is 0.634. The number of rotatable bonds is 6. The van der Waals surface area contributed by atoms with Gasteiger partial charge in [-0.05, 0) is 25.3 Å². The Balaban J connectivity index is 2.07. The molecule has 9 heteroatoms. The summed E-state index contributed by atoms with van der Waals surface area (Å²) in [5.41, 5.74) is -0.320. The summed E-state index contributed by atoms with van der Waals surface area (Å²) in [6, 6.07) is 3.32. The monoisotopic (exact) mass is 334 g/mol. The van der Waals surface area contributed by atoms with Crippen LogP contribution in [0.25, 0.3) is 0 Å². The molecule has 0 radical (unpaired) electrons. The number of hydrogen-bond donors (Lipinski definition) is 1. The number of nitrogens with zero attached hydrogens (tertiary/aromatic N) is 1. The van der Waals surface area contributed by atoms with E-state index in [0.29, 0.717) is 13.0 Å². The molecule has 1 aliphatic heterocycles. The van der Waals surface area contributed by atoms with Crippen LogP contribution in [0.4, 0.5) is 5.69 Å². The standard InChI is InChI=1S/C12H15ClN2O5S/c13-11-4-3-9(15(16)17)8-12(11)21(18,19)14-6-5-10-2-1-7-20-10/h3-4,8,10,14H,1-2,5-7H2. The molecule has 1 fully saturated rings. The number of hydrogen-bond acceptors (Lipinski definition) is 5. The third-order valence-electron chi connectivity index (χ3n) is 3.20. The lowest BCUT2D eigenvalue weighted by molar-refractivity contribution is -0.385. The Morgan fingerprint density at radius 2 is 2.24 bits per heavy atom. The van der Waals surface area contributed by atoms with Crippen LogP contribution in [-0.2, 0) is 14.8 Å². The minimum absolute atomic E-state index is 0.0507. The molecule has 116 valence electrons. The zero-order valence-corrected chi connectivity index (χ0v) is 12.7. The minimum Gasteiger partial charge on any atom is -0.378 e. The van der Waals surface area contributed by atoms with E-state index in [4.69, 9.17) is 16.3 Å². The number of non-ortho nitro benzene ring substituents is 1. The lowest BCUT2D eigenvalue weighted by Crippen LogP contribution is -2.27. The first-order valence-electron chi connectivity index (χ1n) is 6.45. The van der Waals surface area contributed by atoms with Crippen LogP contribution in [0.2, 0.25) is 5.02 Å². The Labute approximate surface area is 127 Å². The molecule has 1 saturated heterocycles. The number of benzene rings is 1. The van der Waals surface area contributed by atoms with E-state index < -0.39 is 14.9 Å². The minimum atomic E-state index is -3.88. The third kappa shape index (κ3) is 4.13. The summed E-state index contributed by atoms with van der Waals surface area (Å²) in [7, 11) is -3.88. The lowest BCUT2D eigenvalue weighted by atomic mass is 10.2. The maximum absolute atomic E-state index is 12.1. The molecule has 1 heterocycles. The molecule has 0 aromatic heterocycles. The van der Waals surface area contributed by atoms with Crippen molar-refractivity contribution in [2.24, 2.45) is 0 Å². The number of sulfonamides is 1. The predicted octanol–water partition coefficient (Wildman–Crippen LogP) is 2.10. The van der Waals surface area contributed by atoms with Gasteiger partial charge in [0.1, 0.15) is 4.90 Å². The van der Waals surface area contributed by atoms with E-state index in [1.54, 1.807) is 0 Å². The molecule has 1 atom stereocenters. The van der Waals surface area contributed by atoms with Crippen molar-refractivity contribution >= 4 is 27.3 Å². The van der Waals surface area contributed by atoms with Gasteiger partial charge in [-0.3, -0.25) is 10.1 Å². The van der Waals surface area contributed by atoms with Crippen molar-refractivity contribution in [3.63, 3.8) is 0 Å². The molecule has 1 aromatic carbocycles. The molecule has 1 unspecified atom stereocenters. The first kappa shape index (κ1) is 16.2.